The van der Waals surface area contributed by atoms with Crippen LogP contribution in [0.15, 0.2) is 23.1 Å². The van der Waals surface area contributed by atoms with Gasteiger partial charge in [0.1, 0.15) is 5.69 Å². The first kappa shape index (κ1) is 14.7. The molecule has 0 aliphatic carbocycles. The lowest BCUT2D eigenvalue weighted by molar-refractivity contribution is -0.384. The van der Waals surface area contributed by atoms with E-state index in [4.69, 9.17) is 5.73 Å². The minimum Gasteiger partial charge on any atom is -0.393 e. The second-order valence-electron chi connectivity index (χ2n) is 4.94. The predicted octanol–water partition coefficient (Wildman–Crippen LogP) is 1.74. The lowest BCUT2D eigenvalue weighted by Crippen LogP contribution is -2.41. The Balaban J connectivity index is 2.44. The number of hydrogen-bond donors (Lipinski definition) is 1. The summed E-state index contributed by atoms with van der Waals surface area (Å²) in [4.78, 5) is 10.1. The van der Waals surface area contributed by atoms with Gasteiger partial charge in [-0.1, -0.05) is 6.42 Å². The van der Waals surface area contributed by atoms with Crippen molar-refractivity contribution in [1.82, 2.24) is 4.31 Å². The van der Waals surface area contributed by atoms with Gasteiger partial charge in [-0.3, -0.25) is 10.1 Å². The quantitative estimate of drug-likeness (QED) is 0.519. The summed E-state index contributed by atoms with van der Waals surface area (Å²) in [6.07, 6.45) is 2.60. The van der Waals surface area contributed by atoms with Gasteiger partial charge < -0.3 is 5.73 Å². The Morgan fingerprint density at radius 2 is 2.10 bits per heavy atom. The minimum absolute atomic E-state index is 0.0411. The topological polar surface area (TPSA) is 107 Å². The SMILES string of the molecule is CC1CCCCN1S(=O)(=O)c1ccc(N)c([N+](=O)[O-])c1. The zero-order valence-corrected chi connectivity index (χ0v) is 12.0. The smallest absolute Gasteiger partial charge is 0.293 e. The summed E-state index contributed by atoms with van der Waals surface area (Å²) in [5, 5.41) is 10.9. The molecule has 1 aliphatic heterocycles. The normalized spacial score (nSPS) is 20.8. The van der Waals surface area contributed by atoms with Crippen LogP contribution in [0.4, 0.5) is 11.4 Å². The summed E-state index contributed by atoms with van der Waals surface area (Å²) in [5.74, 6) is 0. The molecule has 0 saturated carbocycles. The van der Waals surface area contributed by atoms with Gasteiger partial charge in [-0.15, -0.1) is 0 Å². The predicted molar refractivity (Wildman–Crippen MR) is 74.7 cm³/mol. The number of benzene rings is 1. The lowest BCUT2D eigenvalue weighted by Gasteiger charge is -2.32. The first-order valence-electron chi connectivity index (χ1n) is 6.40. The van der Waals surface area contributed by atoms with Crippen molar-refractivity contribution in [3.05, 3.63) is 28.3 Å². The van der Waals surface area contributed by atoms with E-state index >= 15 is 0 Å². The van der Waals surface area contributed by atoms with E-state index < -0.39 is 14.9 Å². The Bertz CT molecular complexity index is 630. The molecule has 1 atom stereocenters. The van der Waals surface area contributed by atoms with Gasteiger partial charge in [0.25, 0.3) is 5.69 Å². The van der Waals surface area contributed by atoms with Crippen LogP contribution in [0.3, 0.4) is 0 Å². The molecule has 0 aromatic heterocycles. The van der Waals surface area contributed by atoms with E-state index in [1.807, 2.05) is 6.92 Å². The van der Waals surface area contributed by atoms with Crippen molar-refractivity contribution in [2.24, 2.45) is 0 Å². The Morgan fingerprint density at radius 3 is 2.70 bits per heavy atom. The first-order valence-corrected chi connectivity index (χ1v) is 7.84. The summed E-state index contributed by atoms with van der Waals surface area (Å²) < 4.78 is 26.5. The molecule has 7 nitrogen and oxygen atoms in total. The van der Waals surface area contributed by atoms with Crippen LogP contribution in [-0.2, 0) is 10.0 Å². The van der Waals surface area contributed by atoms with Gasteiger partial charge in [0.2, 0.25) is 10.0 Å². The van der Waals surface area contributed by atoms with E-state index in [1.54, 1.807) is 0 Å². The molecule has 1 aromatic carbocycles. The van der Waals surface area contributed by atoms with Crippen molar-refractivity contribution in [1.29, 1.82) is 0 Å². The minimum atomic E-state index is -3.71. The largest absolute Gasteiger partial charge is 0.393 e. The number of nitro benzene ring substituents is 1. The van der Waals surface area contributed by atoms with E-state index in [2.05, 4.69) is 0 Å². The number of anilines is 1. The molecule has 0 spiro atoms. The fourth-order valence-electron chi connectivity index (χ4n) is 2.41. The van der Waals surface area contributed by atoms with Crippen molar-refractivity contribution in [3.8, 4) is 0 Å². The van der Waals surface area contributed by atoms with E-state index in [-0.39, 0.29) is 22.3 Å². The summed E-state index contributed by atoms with van der Waals surface area (Å²) in [6.45, 7) is 2.30. The third-order valence-corrected chi connectivity index (χ3v) is 5.56. The second-order valence-corrected chi connectivity index (χ2v) is 6.83. The fourth-order valence-corrected chi connectivity index (χ4v) is 4.13. The van der Waals surface area contributed by atoms with Crippen LogP contribution in [0.1, 0.15) is 26.2 Å². The number of nitrogen functional groups attached to an aromatic ring is 1. The third kappa shape index (κ3) is 2.61. The van der Waals surface area contributed by atoms with Crippen LogP contribution < -0.4 is 5.73 Å². The summed E-state index contributed by atoms with van der Waals surface area (Å²) >= 11 is 0. The summed E-state index contributed by atoms with van der Waals surface area (Å²) in [7, 11) is -3.71. The van der Waals surface area contributed by atoms with Gasteiger partial charge in [0, 0.05) is 18.7 Å². The monoisotopic (exact) mass is 299 g/mol. The summed E-state index contributed by atoms with van der Waals surface area (Å²) in [6, 6.07) is 3.52. The molecule has 1 saturated heterocycles. The molecule has 8 heteroatoms. The fraction of sp³-hybridized carbons (Fsp3) is 0.500. The van der Waals surface area contributed by atoms with Crippen LogP contribution in [-0.4, -0.2) is 30.2 Å². The van der Waals surface area contributed by atoms with Crippen molar-refractivity contribution in [2.75, 3.05) is 12.3 Å². The molecule has 2 N–H and O–H groups in total. The van der Waals surface area contributed by atoms with E-state index in [0.29, 0.717) is 6.54 Å². The van der Waals surface area contributed by atoms with Crippen molar-refractivity contribution >= 4 is 21.4 Å². The zero-order chi connectivity index (χ0) is 14.9. The van der Waals surface area contributed by atoms with Crippen LogP contribution in [0, 0.1) is 10.1 Å². The molecule has 110 valence electrons. The van der Waals surface area contributed by atoms with Crippen molar-refractivity contribution < 1.29 is 13.3 Å². The molecule has 0 amide bonds. The van der Waals surface area contributed by atoms with Crippen LogP contribution in [0.2, 0.25) is 0 Å². The molecule has 1 aromatic rings. The van der Waals surface area contributed by atoms with E-state index in [1.165, 1.54) is 16.4 Å². The second kappa shape index (κ2) is 5.37. The molecular formula is C12H17N3O4S. The Morgan fingerprint density at radius 1 is 1.40 bits per heavy atom. The number of piperidine rings is 1. The van der Waals surface area contributed by atoms with Gasteiger partial charge in [-0.05, 0) is 31.9 Å². The number of sulfonamides is 1. The highest BCUT2D eigenvalue weighted by molar-refractivity contribution is 7.89. The lowest BCUT2D eigenvalue weighted by atomic mass is 10.1. The maximum Gasteiger partial charge on any atom is 0.293 e. The standard InChI is InChI=1S/C12H17N3O4S/c1-9-4-2-3-7-14(9)20(18,19)10-5-6-11(13)12(8-10)15(16)17/h5-6,8-9H,2-4,7,13H2,1H3. The molecule has 1 aliphatic rings. The number of nitrogens with two attached hydrogens (primary N) is 1. The molecule has 0 bridgehead atoms. The number of nitrogens with zero attached hydrogens (tertiary/aromatic N) is 2. The number of rotatable bonds is 3. The molecule has 20 heavy (non-hydrogen) atoms. The van der Waals surface area contributed by atoms with Gasteiger partial charge in [-0.2, -0.15) is 4.31 Å². The Hall–Kier alpha value is -1.67. The molecule has 1 fully saturated rings. The molecule has 2 rings (SSSR count). The maximum absolute atomic E-state index is 12.5. The van der Waals surface area contributed by atoms with Crippen LogP contribution in [0.5, 0.6) is 0 Å². The summed E-state index contributed by atoms with van der Waals surface area (Å²) in [5.41, 5.74) is 5.07. The number of nitro groups is 1. The maximum atomic E-state index is 12.5. The van der Waals surface area contributed by atoms with Crippen molar-refractivity contribution in [3.63, 3.8) is 0 Å². The Kier molecular flexibility index (Phi) is 3.96. The Labute approximate surface area is 117 Å². The molecule has 1 unspecified atom stereocenters. The van der Waals surface area contributed by atoms with Gasteiger partial charge in [0.15, 0.2) is 0 Å². The molecule has 0 radical (unpaired) electrons. The van der Waals surface area contributed by atoms with Gasteiger partial charge in [0.05, 0.1) is 9.82 Å². The first-order chi connectivity index (χ1) is 9.34. The zero-order valence-electron chi connectivity index (χ0n) is 11.2. The van der Waals surface area contributed by atoms with Gasteiger partial charge >= 0.3 is 0 Å². The highest BCUT2D eigenvalue weighted by Gasteiger charge is 2.32. The van der Waals surface area contributed by atoms with E-state index in [9.17, 15) is 18.5 Å². The van der Waals surface area contributed by atoms with Gasteiger partial charge in [-0.25, -0.2) is 8.42 Å². The van der Waals surface area contributed by atoms with Crippen LogP contribution >= 0.6 is 0 Å². The number of hydrogen-bond acceptors (Lipinski definition) is 5. The third-order valence-electron chi connectivity index (χ3n) is 3.55. The van der Waals surface area contributed by atoms with Crippen molar-refractivity contribution in [2.45, 2.75) is 37.1 Å². The highest BCUT2D eigenvalue weighted by Crippen LogP contribution is 2.29. The highest BCUT2D eigenvalue weighted by atomic mass is 32.2. The molecular weight excluding hydrogens is 282 g/mol. The van der Waals surface area contributed by atoms with E-state index in [0.717, 1.165) is 25.3 Å². The molecule has 1 heterocycles. The average molecular weight is 299 g/mol. The average Bonchev–Trinajstić information content (AvgIpc) is 2.38. The van der Waals surface area contributed by atoms with Crippen LogP contribution in [0.25, 0.3) is 0 Å².